The van der Waals surface area contributed by atoms with E-state index in [1.54, 1.807) is 0 Å². The first-order valence-electron chi connectivity index (χ1n) is 6.44. The van der Waals surface area contributed by atoms with Crippen molar-refractivity contribution in [2.24, 2.45) is 0 Å². The number of ether oxygens (including phenoxy) is 1. The molecule has 0 aliphatic carbocycles. The second-order valence-electron chi connectivity index (χ2n) is 4.54. The normalized spacial score (nSPS) is 19.1. The molecule has 0 amide bonds. The van der Waals surface area contributed by atoms with E-state index >= 15 is 0 Å². The van der Waals surface area contributed by atoms with E-state index in [1.165, 1.54) is 5.56 Å². The molecule has 0 saturated carbocycles. The number of hydrogen-bond donors (Lipinski definition) is 1. The monoisotopic (exact) mass is 234 g/mol. The van der Waals surface area contributed by atoms with Crippen LogP contribution in [0.25, 0.3) is 0 Å². The smallest absolute Gasteiger partial charge is 0.0594 e. The van der Waals surface area contributed by atoms with Crippen molar-refractivity contribution in [2.75, 3.05) is 39.4 Å². The van der Waals surface area contributed by atoms with Crippen LogP contribution in [0.15, 0.2) is 30.3 Å². The first-order valence-corrected chi connectivity index (χ1v) is 6.44. The lowest BCUT2D eigenvalue weighted by atomic mass is 10.1. The van der Waals surface area contributed by atoms with Crippen LogP contribution in [0.1, 0.15) is 18.5 Å². The zero-order chi connectivity index (χ0) is 11.9. The molecule has 94 valence electrons. The summed E-state index contributed by atoms with van der Waals surface area (Å²) in [5, 5.41) is 3.56. The molecule has 0 spiro atoms. The molecule has 1 atom stereocenters. The molecule has 3 heteroatoms. The molecule has 1 aliphatic rings. The Morgan fingerprint density at radius 3 is 2.65 bits per heavy atom. The third-order valence-electron chi connectivity index (χ3n) is 3.28. The third-order valence-corrected chi connectivity index (χ3v) is 3.28. The van der Waals surface area contributed by atoms with E-state index in [9.17, 15) is 0 Å². The van der Waals surface area contributed by atoms with Crippen molar-refractivity contribution in [3.8, 4) is 0 Å². The Morgan fingerprint density at radius 2 is 1.94 bits per heavy atom. The molecule has 0 unspecified atom stereocenters. The zero-order valence-corrected chi connectivity index (χ0v) is 10.6. The van der Waals surface area contributed by atoms with E-state index in [-0.39, 0.29) is 0 Å². The molecule has 1 heterocycles. The average molecular weight is 234 g/mol. The molecule has 1 aromatic rings. The Balaban J connectivity index is 1.67. The highest BCUT2D eigenvalue weighted by Crippen LogP contribution is 2.10. The summed E-state index contributed by atoms with van der Waals surface area (Å²) in [6, 6.07) is 11.0. The summed E-state index contributed by atoms with van der Waals surface area (Å²) in [5.41, 5.74) is 1.36. The number of morpholine rings is 1. The van der Waals surface area contributed by atoms with Gasteiger partial charge in [0, 0.05) is 32.2 Å². The van der Waals surface area contributed by atoms with Gasteiger partial charge in [-0.25, -0.2) is 0 Å². The van der Waals surface area contributed by atoms with Gasteiger partial charge in [-0.1, -0.05) is 30.3 Å². The minimum Gasteiger partial charge on any atom is -0.379 e. The van der Waals surface area contributed by atoms with Gasteiger partial charge in [0.2, 0.25) is 0 Å². The van der Waals surface area contributed by atoms with Gasteiger partial charge < -0.3 is 10.1 Å². The van der Waals surface area contributed by atoms with Gasteiger partial charge in [0.15, 0.2) is 0 Å². The van der Waals surface area contributed by atoms with Gasteiger partial charge in [-0.2, -0.15) is 0 Å². The molecule has 0 aromatic heterocycles. The Labute approximate surface area is 104 Å². The summed E-state index contributed by atoms with van der Waals surface area (Å²) < 4.78 is 5.33. The van der Waals surface area contributed by atoms with E-state index in [0.29, 0.717) is 6.04 Å². The molecule has 1 fully saturated rings. The van der Waals surface area contributed by atoms with Crippen LogP contribution in [-0.2, 0) is 4.74 Å². The minimum absolute atomic E-state index is 0.428. The summed E-state index contributed by atoms with van der Waals surface area (Å²) in [6.45, 7) is 8.27. The quantitative estimate of drug-likeness (QED) is 0.838. The highest BCUT2D eigenvalue weighted by Gasteiger charge is 2.10. The molecular weight excluding hydrogens is 212 g/mol. The SMILES string of the molecule is C[C@@H](NCCN1CCOCC1)c1ccccc1. The predicted octanol–water partition coefficient (Wildman–Crippen LogP) is 1.67. The molecule has 1 N–H and O–H groups in total. The summed E-state index contributed by atoms with van der Waals surface area (Å²) in [5.74, 6) is 0. The van der Waals surface area contributed by atoms with E-state index in [0.717, 1.165) is 39.4 Å². The summed E-state index contributed by atoms with van der Waals surface area (Å²) in [6.07, 6.45) is 0. The maximum Gasteiger partial charge on any atom is 0.0594 e. The number of nitrogens with one attached hydrogen (secondary N) is 1. The molecular formula is C14H22N2O. The van der Waals surface area contributed by atoms with E-state index in [4.69, 9.17) is 4.74 Å². The van der Waals surface area contributed by atoms with Gasteiger partial charge in [-0.05, 0) is 12.5 Å². The van der Waals surface area contributed by atoms with Crippen molar-refractivity contribution in [1.82, 2.24) is 10.2 Å². The lowest BCUT2D eigenvalue weighted by molar-refractivity contribution is 0.0382. The van der Waals surface area contributed by atoms with E-state index in [2.05, 4.69) is 47.5 Å². The van der Waals surface area contributed by atoms with Crippen LogP contribution in [0.5, 0.6) is 0 Å². The second kappa shape index (κ2) is 6.74. The lowest BCUT2D eigenvalue weighted by Crippen LogP contribution is -2.40. The third kappa shape index (κ3) is 4.11. The standard InChI is InChI=1S/C14H22N2O/c1-13(14-5-3-2-4-6-14)15-7-8-16-9-11-17-12-10-16/h2-6,13,15H,7-12H2,1H3/t13-/m1/s1. The fourth-order valence-electron chi connectivity index (χ4n) is 2.12. The largest absolute Gasteiger partial charge is 0.379 e. The van der Waals surface area contributed by atoms with E-state index < -0.39 is 0 Å². The molecule has 2 rings (SSSR count). The topological polar surface area (TPSA) is 24.5 Å². The van der Waals surface area contributed by atoms with Crippen LogP contribution in [-0.4, -0.2) is 44.3 Å². The van der Waals surface area contributed by atoms with Crippen LogP contribution in [0, 0.1) is 0 Å². The van der Waals surface area contributed by atoms with Gasteiger partial charge in [-0.15, -0.1) is 0 Å². The highest BCUT2D eigenvalue weighted by molar-refractivity contribution is 5.17. The van der Waals surface area contributed by atoms with Gasteiger partial charge in [0.1, 0.15) is 0 Å². The lowest BCUT2D eigenvalue weighted by Gasteiger charge is -2.27. The summed E-state index contributed by atoms with van der Waals surface area (Å²) in [4.78, 5) is 2.45. The maximum atomic E-state index is 5.33. The van der Waals surface area contributed by atoms with Crippen LogP contribution < -0.4 is 5.32 Å². The minimum atomic E-state index is 0.428. The Morgan fingerprint density at radius 1 is 1.24 bits per heavy atom. The van der Waals surface area contributed by atoms with Crippen molar-refractivity contribution in [2.45, 2.75) is 13.0 Å². The average Bonchev–Trinajstić information content (AvgIpc) is 2.41. The molecule has 1 aliphatic heterocycles. The maximum absolute atomic E-state index is 5.33. The fourth-order valence-corrected chi connectivity index (χ4v) is 2.12. The van der Waals surface area contributed by atoms with Crippen molar-refractivity contribution >= 4 is 0 Å². The van der Waals surface area contributed by atoms with Crippen LogP contribution in [0.2, 0.25) is 0 Å². The van der Waals surface area contributed by atoms with Crippen LogP contribution in [0.4, 0.5) is 0 Å². The van der Waals surface area contributed by atoms with Crippen molar-refractivity contribution in [1.29, 1.82) is 0 Å². The number of rotatable bonds is 5. The van der Waals surface area contributed by atoms with Crippen molar-refractivity contribution in [3.63, 3.8) is 0 Å². The van der Waals surface area contributed by atoms with Gasteiger partial charge in [0.25, 0.3) is 0 Å². The van der Waals surface area contributed by atoms with Gasteiger partial charge in [-0.3, -0.25) is 4.90 Å². The molecule has 17 heavy (non-hydrogen) atoms. The Kier molecular flexibility index (Phi) is 4.98. The first-order chi connectivity index (χ1) is 8.36. The van der Waals surface area contributed by atoms with Crippen LogP contribution in [0.3, 0.4) is 0 Å². The Bertz CT molecular complexity index is 309. The second-order valence-corrected chi connectivity index (χ2v) is 4.54. The number of benzene rings is 1. The fraction of sp³-hybridized carbons (Fsp3) is 0.571. The number of nitrogens with zero attached hydrogens (tertiary/aromatic N) is 1. The zero-order valence-electron chi connectivity index (χ0n) is 10.6. The van der Waals surface area contributed by atoms with Crippen molar-refractivity contribution < 1.29 is 4.74 Å². The number of hydrogen-bond acceptors (Lipinski definition) is 3. The van der Waals surface area contributed by atoms with Gasteiger partial charge >= 0.3 is 0 Å². The summed E-state index contributed by atoms with van der Waals surface area (Å²) in [7, 11) is 0. The van der Waals surface area contributed by atoms with Crippen molar-refractivity contribution in [3.05, 3.63) is 35.9 Å². The molecule has 0 radical (unpaired) electrons. The van der Waals surface area contributed by atoms with Crippen LogP contribution >= 0.6 is 0 Å². The highest BCUT2D eigenvalue weighted by atomic mass is 16.5. The molecule has 0 bridgehead atoms. The first kappa shape index (κ1) is 12.6. The molecule has 3 nitrogen and oxygen atoms in total. The summed E-state index contributed by atoms with van der Waals surface area (Å²) >= 11 is 0. The molecule has 1 aromatic carbocycles. The molecule has 1 saturated heterocycles. The van der Waals surface area contributed by atoms with E-state index in [1.807, 2.05) is 0 Å². The predicted molar refractivity (Wildman–Crippen MR) is 70.1 cm³/mol. The Hall–Kier alpha value is -0.900. The van der Waals surface area contributed by atoms with Gasteiger partial charge in [0.05, 0.1) is 13.2 Å².